The smallest absolute Gasteiger partial charge is 0.0603 e. The Bertz CT molecular complexity index is 425. The van der Waals surface area contributed by atoms with Crippen molar-refractivity contribution in [2.45, 2.75) is 49.3 Å². The number of thioether (sulfide) groups is 1. The molecule has 0 bridgehead atoms. The summed E-state index contributed by atoms with van der Waals surface area (Å²) in [6.45, 7) is 5.57. The maximum atomic E-state index is 6.10. The van der Waals surface area contributed by atoms with E-state index >= 15 is 0 Å². The van der Waals surface area contributed by atoms with Crippen LogP contribution in [-0.2, 0) is 0 Å². The van der Waals surface area contributed by atoms with Gasteiger partial charge in [0.05, 0.1) is 10.0 Å². The molecule has 0 aromatic heterocycles. The van der Waals surface area contributed by atoms with Crippen molar-refractivity contribution in [1.29, 1.82) is 0 Å². The van der Waals surface area contributed by atoms with Gasteiger partial charge in [0.15, 0.2) is 0 Å². The van der Waals surface area contributed by atoms with Crippen molar-refractivity contribution >= 4 is 35.0 Å². The van der Waals surface area contributed by atoms with Gasteiger partial charge in [0.2, 0.25) is 0 Å². The van der Waals surface area contributed by atoms with E-state index in [0.29, 0.717) is 21.3 Å². The fourth-order valence-corrected chi connectivity index (χ4v) is 4.55. The Kier molecular flexibility index (Phi) is 5.88. The monoisotopic (exact) mass is 317 g/mol. The van der Waals surface area contributed by atoms with E-state index in [1.54, 1.807) is 0 Å². The zero-order valence-corrected chi connectivity index (χ0v) is 13.8. The summed E-state index contributed by atoms with van der Waals surface area (Å²) in [5.41, 5.74) is 0. The first-order chi connectivity index (χ1) is 9.10. The number of benzene rings is 1. The van der Waals surface area contributed by atoms with E-state index in [1.165, 1.54) is 24.2 Å². The van der Waals surface area contributed by atoms with Crippen LogP contribution in [0.3, 0.4) is 0 Å². The molecule has 1 aromatic rings. The third-order valence-corrected chi connectivity index (χ3v) is 5.79. The molecule has 0 aliphatic heterocycles. The van der Waals surface area contributed by atoms with Crippen LogP contribution in [0.1, 0.15) is 33.1 Å². The molecular formula is C15H21Cl2NS. The van der Waals surface area contributed by atoms with Crippen molar-refractivity contribution in [1.82, 2.24) is 5.32 Å². The molecule has 0 radical (unpaired) electrons. The van der Waals surface area contributed by atoms with Crippen molar-refractivity contribution in [2.24, 2.45) is 5.92 Å². The van der Waals surface area contributed by atoms with Gasteiger partial charge in [0.1, 0.15) is 0 Å². The van der Waals surface area contributed by atoms with Crippen LogP contribution in [0.4, 0.5) is 0 Å². The first kappa shape index (κ1) is 15.5. The van der Waals surface area contributed by atoms with Gasteiger partial charge in [-0.2, -0.15) is 0 Å². The van der Waals surface area contributed by atoms with Crippen LogP contribution in [0.2, 0.25) is 10.0 Å². The summed E-state index contributed by atoms with van der Waals surface area (Å²) < 4.78 is 0. The molecule has 106 valence electrons. The highest BCUT2D eigenvalue weighted by molar-refractivity contribution is 8.00. The zero-order chi connectivity index (χ0) is 13.8. The number of hydrogen-bond donors (Lipinski definition) is 1. The maximum Gasteiger partial charge on any atom is 0.0603 e. The average Bonchev–Trinajstić information content (AvgIpc) is 2.37. The maximum absolute atomic E-state index is 6.10. The van der Waals surface area contributed by atoms with E-state index in [2.05, 4.69) is 25.2 Å². The number of rotatable bonds is 4. The Morgan fingerprint density at radius 1 is 1.26 bits per heavy atom. The quantitative estimate of drug-likeness (QED) is 0.813. The molecule has 19 heavy (non-hydrogen) atoms. The lowest BCUT2D eigenvalue weighted by Gasteiger charge is -2.35. The van der Waals surface area contributed by atoms with E-state index in [-0.39, 0.29) is 0 Å². The predicted octanol–water partition coefficient (Wildman–Crippen LogP) is 5.25. The Hall–Kier alpha value is 0.110. The van der Waals surface area contributed by atoms with Gasteiger partial charge >= 0.3 is 0 Å². The Morgan fingerprint density at radius 2 is 2.05 bits per heavy atom. The molecule has 1 nitrogen and oxygen atoms in total. The zero-order valence-electron chi connectivity index (χ0n) is 11.5. The van der Waals surface area contributed by atoms with Crippen LogP contribution in [0.5, 0.6) is 0 Å². The highest BCUT2D eigenvalue weighted by Gasteiger charge is 2.28. The lowest BCUT2D eigenvalue weighted by molar-refractivity contribution is 0.321. The second-order valence-corrected chi connectivity index (χ2v) is 7.44. The fourth-order valence-electron chi connectivity index (χ4n) is 2.68. The first-order valence-corrected chi connectivity index (χ1v) is 8.58. The highest BCUT2D eigenvalue weighted by Crippen LogP contribution is 2.38. The fraction of sp³-hybridized carbons (Fsp3) is 0.600. The standard InChI is InChI=1S/C15H21Cl2NS/c1-3-18-14-7-4-10(2)8-15(14)19-11-5-6-12(16)13(17)9-11/h5-6,9-10,14-15,18H,3-4,7-8H2,1-2H3. The highest BCUT2D eigenvalue weighted by atomic mass is 35.5. The second-order valence-electron chi connectivity index (χ2n) is 5.31. The van der Waals surface area contributed by atoms with Gasteiger partial charge in [0, 0.05) is 16.2 Å². The van der Waals surface area contributed by atoms with Gasteiger partial charge in [-0.15, -0.1) is 11.8 Å². The minimum absolute atomic E-state index is 0.612. The number of halogens is 2. The van der Waals surface area contributed by atoms with E-state index in [1.807, 2.05) is 23.9 Å². The first-order valence-electron chi connectivity index (χ1n) is 6.95. The van der Waals surface area contributed by atoms with Gasteiger partial charge in [-0.1, -0.05) is 37.0 Å². The lowest BCUT2D eigenvalue weighted by Crippen LogP contribution is -2.42. The molecule has 1 aliphatic carbocycles. The minimum Gasteiger partial charge on any atom is -0.313 e. The molecule has 0 heterocycles. The minimum atomic E-state index is 0.612. The largest absolute Gasteiger partial charge is 0.313 e. The SMILES string of the molecule is CCNC1CCC(C)CC1Sc1ccc(Cl)c(Cl)c1. The summed E-state index contributed by atoms with van der Waals surface area (Å²) in [6, 6.07) is 6.55. The van der Waals surface area contributed by atoms with Crippen LogP contribution >= 0.6 is 35.0 Å². The van der Waals surface area contributed by atoms with Crippen LogP contribution in [0, 0.1) is 5.92 Å². The lowest BCUT2D eigenvalue weighted by atomic mass is 9.87. The summed E-state index contributed by atoms with van der Waals surface area (Å²) in [6.07, 6.45) is 3.87. The molecule has 1 aromatic carbocycles. The average molecular weight is 318 g/mol. The summed E-state index contributed by atoms with van der Waals surface area (Å²) in [4.78, 5) is 1.22. The molecule has 0 amide bonds. The van der Waals surface area contributed by atoms with Crippen LogP contribution in [0.25, 0.3) is 0 Å². The third kappa shape index (κ3) is 4.29. The Balaban J connectivity index is 2.07. The van der Waals surface area contributed by atoms with Gasteiger partial charge in [-0.3, -0.25) is 0 Å². The molecule has 1 saturated carbocycles. The van der Waals surface area contributed by atoms with Crippen LogP contribution in [-0.4, -0.2) is 17.8 Å². The molecule has 0 saturated heterocycles. The molecular weight excluding hydrogens is 297 g/mol. The molecule has 2 rings (SSSR count). The second kappa shape index (κ2) is 7.21. The van der Waals surface area contributed by atoms with Gasteiger partial charge < -0.3 is 5.32 Å². The molecule has 1 fully saturated rings. The summed E-state index contributed by atoms with van der Waals surface area (Å²) in [5.74, 6) is 0.815. The van der Waals surface area contributed by atoms with Crippen molar-refractivity contribution in [2.75, 3.05) is 6.54 Å². The van der Waals surface area contributed by atoms with Crippen LogP contribution < -0.4 is 5.32 Å². The van der Waals surface area contributed by atoms with E-state index in [4.69, 9.17) is 23.2 Å². The van der Waals surface area contributed by atoms with Crippen molar-refractivity contribution in [3.63, 3.8) is 0 Å². The Labute approximate surface area is 130 Å². The van der Waals surface area contributed by atoms with E-state index < -0.39 is 0 Å². The normalized spacial score (nSPS) is 27.5. The topological polar surface area (TPSA) is 12.0 Å². The summed E-state index contributed by atoms with van der Waals surface area (Å²) in [5, 5.41) is 5.53. The molecule has 1 N–H and O–H groups in total. The van der Waals surface area contributed by atoms with E-state index in [9.17, 15) is 0 Å². The van der Waals surface area contributed by atoms with Crippen molar-refractivity contribution < 1.29 is 0 Å². The van der Waals surface area contributed by atoms with Crippen LogP contribution in [0.15, 0.2) is 23.1 Å². The number of hydrogen-bond acceptors (Lipinski definition) is 2. The van der Waals surface area contributed by atoms with Gasteiger partial charge in [-0.25, -0.2) is 0 Å². The molecule has 3 unspecified atom stereocenters. The molecule has 0 spiro atoms. The molecule has 4 heteroatoms. The van der Waals surface area contributed by atoms with Crippen molar-refractivity contribution in [3.05, 3.63) is 28.2 Å². The van der Waals surface area contributed by atoms with E-state index in [0.717, 1.165) is 12.5 Å². The van der Waals surface area contributed by atoms with Crippen molar-refractivity contribution in [3.8, 4) is 0 Å². The summed E-state index contributed by atoms with van der Waals surface area (Å²) in [7, 11) is 0. The van der Waals surface area contributed by atoms with Gasteiger partial charge in [-0.05, 0) is 49.9 Å². The third-order valence-electron chi connectivity index (χ3n) is 3.70. The Morgan fingerprint density at radius 3 is 2.74 bits per heavy atom. The molecule has 3 atom stereocenters. The van der Waals surface area contributed by atoms with Gasteiger partial charge in [0.25, 0.3) is 0 Å². The predicted molar refractivity (Wildman–Crippen MR) is 86.6 cm³/mol. The molecule has 1 aliphatic rings. The summed E-state index contributed by atoms with van der Waals surface area (Å²) >= 11 is 14.0. The number of nitrogens with one attached hydrogen (secondary N) is 1.